The van der Waals surface area contributed by atoms with Crippen molar-refractivity contribution in [2.75, 3.05) is 0 Å². The summed E-state index contributed by atoms with van der Waals surface area (Å²) in [5, 5.41) is 29.4. The average Bonchev–Trinajstić information content (AvgIpc) is 2.35. The van der Waals surface area contributed by atoms with Crippen LogP contribution in [0.25, 0.3) is 0 Å². The number of nitro groups is 1. The highest BCUT2D eigenvalue weighted by Crippen LogP contribution is 2.24. The number of carbonyl (C=O) groups is 2. The van der Waals surface area contributed by atoms with Gasteiger partial charge < -0.3 is 15.9 Å². The Morgan fingerprint density at radius 3 is 2.50 bits per heavy atom. The molecule has 0 aromatic heterocycles. The fourth-order valence-electron chi connectivity index (χ4n) is 1.37. The third-order valence-electron chi connectivity index (χ3n) is 2.32. The molecule has 0 saturated heterocycles. The van der Waals surface area contributed by atoms with Gasteiger partial charge in [-0.1, -0.05) is 0 Å². The number of non-ortho nitro benzene ring substituents is 1. The van der Waals surface area contributed by atoms with E-state index in [0.29, 0.717) is 0 Å². The van der Waals surface area contributed by atoms with E-state index in [1.54, 1.807) is 0 Å². The van der Waals surface area contributed by atoms with Gasteiger partial charge in [-0.2, -0.15) is 0 Å². The van der Waals surface area contributed by atoms with Crippen molar-refractivity contribution in [1.82, 2.24) is 0 Å². The van der Waals surface area contributed by atoms with Gasteiger partial charge in [-0.15, -0.1) is 0 Å². The van der Waals surface area contributed by atoms with Gasteiger partial charge in [-0.3, -0.25) is 19.7 Å². The van der Waals surface area contributed by atoms with Gasteiger partial charge in [0.05, 0.1) is 4.92 Å². The molecule has 18 heavy (non-hydrogen) atoms. The van der Waals surface area contributed by atoms with Gasteiger partial charge >= 0.3 is 0 Å². The number of hydrogen-bond acceptors (Lipinski definition) is 6. The number of aldehydes is 1. The number of primary amides is 1. The molecule has 8 heteroatoms. The SMILES string of the molecule is NC(=O)C(O)C(O)c1ccc([N+](=O)[O-])cc1C=O. The molecular formula is C10H10N2O6. The second-order valence-corrected chi connectivity index (χ2v) is 3.48. The summed E-state index contributed by atoms with van der Waals surface area (Å²) in [6, 6.07) is 3.05. The molecule has 0 aliphatic rings. The zero-order valence-electron chi connectivity index (χ0n) is 9.02. The zero-order valence-corrected chi connectivity index (χ0v) is 9.02. The molecule has 0 aliphatic carbocycles. The molecule has 1 rings (SSSR count). The Balaban J connectivity index is 3.21. The summed E-state index contributed by atoms with van der Waals surface area (Å²) < 4.78 is 0. The number of carbonyl (C=O) groups excluding carboxylic acids is 2. The van der Waals surface area contributed by atoms with E-state index in [0.717, 1.165) is 18.2 Å². The molecule has 1 amide bonds. The minimum atomic E-state index is -1.90. The molecule has 0 heterocycles. The van der Waals surface area contributed by atoms with E-state index in [2.05, 4.69) is 0 Å². The quantitative estimate of drug-likeness (QED) is 0.359. The summed E-state index contributed by atoms with van der Waals surface area (Å²) in [7, 11) is 0. The van der Waals surface area contributed by atoms with Crippen molar-refractivity contribution >= 4 is 17.9 Å². The molecular weight excluding hydrogens is 244 g/mol. The van der Waals surface area contributed by atoms with Crippen LogP contribution in [0, 0.1) is 10.1 Å². The largest absolute Gasteiger partial charge is 0.385 e. The smallest absolute Gasteiger partial charge is 0.270 e. The van der Waals surface area contributed by atoms with Crippen molar-refractivity contribution in [2.45, 2.75) is 12.2 Å². The van der Waals surface area contributed by atoms with Gasteiger partial charge in [0.2, 0.25) is 5.91 Å². The topological polar surface area (TPSA) is 144 Å². The van der Waals surface area contributed by atoms with Crippen LogP contribution in [0.1, 0.15) is 22.0 Å². The fraction of sp³-hybridized carbons (Fsp3) is 0.200. The number of aliphatic hydroxyl groups excluding tert-OH is 2. The number of benzene rings is 1. The maximum absolute atomic E-state index is 10.8. The van der Waals surface area contributed by atoms with E-state index in [9.17, 15) is 29.9 Å². The van der Waals surface area contributed by atoms with Crippen LogP contribution in [0.15, 0.2) is 18.2 Å². The highest BCUT2D eigenvalue weighted by Gasteiger charge is 2.26. The lowest BCUT2D eigenvalue weighted by Crippen LogP contribution is -2.34. The molecule has 0 fully saturated rings. The molecule has 2 unspecified atom stereocenters. The number of hydrogen-bond donors (Lipinski definition) is 3. The predicted octanol–water partition coefficient (Wildman–Crippen LogP) is -0.713. The van der Waals surface area contributed by atoms with E-state index < -0.39 is 23.0 Å². The predicted molar refractivity (Wildman–Crippen MR) is 58.6 cm³/mol. The van der Waals surface area contributed by atoms with Crippen LogP contribution >= 0.6 is 0 Å². The normalized spacial score (nSPS) is 13.7. The van der Waals surface area contributed by atoms with Gasteiger partial charge in [0.25, 0.3) is 5.69 Å². The van der Waals surface area contributed by atoms with Crippen LogP contribution < -0.4 is 5.73 Å². The minimum absolute atomic E-state index is 0.109. The Labute approximate surface area is 101 Å². The number of nitro benzene ring substituents is 1. The summed E-state index contributed by atoms with van der Waals surface area (Å²) in [4.78, 5) is 31.3. The molecule has 2 atom stereocenters. The Morgan fingerprint density at radius 1 is 1.44 bits per heavy atom. The van der Waals surface area contributed by atoms with Crippen molar-refractivity contribution in [3.63, 3.8) is 0 Å². The monoisotopic (exact) mass is 254 g/mol. The first-order valence-corrected chi connectivity index (χ1v) is 4.77. The molecule has 1 aromatic carbocycles. The van der Waals surface area contributed by atoms with E-state index >= 15 is 0 Å². The van der Waals surface area contributed by atoms with Gasteiger partial charge in [0.1, 0.15) is 6.10 Å². The standard InChI is InChI=1S/C10H10N2O6/c11-10(16)9(15)8(14)7-2-1-6(12(17)18)3-5(7)4-13/h1-4,8-9,14-15H,(H2,11,16). The van der Waals surface area contributed by atoms with Crippen LogP contribution in [0.5, 0.6) is 0 Å². The van der Waals surface area contributed by atoms with Crippen molar-refractivity contribution in [2.24, 2.45) is 5.73 Å². The summed E-state index contributed by atoms with van der Waals surface area (Å²) in [5.41, 5.74) is 4.15. The summed E-state index contributed by atoms with van der Waals surface area (Å²) >= 11 is 0. The average molecular weight is 254 g/mol. The van der Waals surface area contributed by atoms with Crippen LogP contribution in [0.2, 0.25) is 0 Å². The first kappa shape index (κ1) is 13.7. The number of amides is 1. The van der Waals surface area contributed by atoms with E-state index in [4.69, 9.17) is 5.73 Å². The maximum atomic E-state index is 10.8. The molecule has 0 aliphatic heterocycles. The minimum Gasteiger partial charge on any atom is -0.385 e. The molecule has 0 bridgehead atoms. The maximum Gasteiger partial charge on any atom is 0.270 e. The first-order valence-electron chi connectivity index (χ1n) is 4.77. The van der Waals surface area contributed by atoms with Crippen molar-refractivity contribution in [3.8, 4) is 0 Å². The van der Waals surface area contributed by atoms with E-state index in [-0.39, 0.29) is 23.1 Å². The molecule has 1 aromatic rings. The summed E-state index contributed by atoms with van der Waals surface area (Å²) in [5.74, 6) is -1.17. The summed E-state index contributed by atoms with van der Waals surface area (Å²) in [6.45, 7) is 0. The number of nitrogens with two attached hydrogens (primary N) is 1. The number of nitrogens with zero attached hydrogens (tertiary/aromatic N) is 1. The molecule has 0 spiro atoms. The van der Waals surface area contributed by atoms with Crippen molar-refractivity contribution in [3.05, 3.63) is 39.4 Å². The first-order chi connectivity index (χ1) is 8.38. The lowest BCUT2D eigenvalue weighted by Gasteiger charge is -2.16. The van der Waals surface area contributed by atoms with Crippen molar-refractivity contribution in [1.29, 1.82) is 0 Å². The third-order valence-corrected chi connectivity index (χ3v) is 2.32. The molecule has 0 saturated carbocycles. The van der Waals surface area contributed by atoms with Gasteiger partial charge in [0.15, 0.2) is 12.4 Å². The van der Waals surface area contributed by atoms with Gasteiger partial charge in [-0.25, -0.2) is 0 Å². The molecule has 4 N–H and O–H groups in total. The van der Waals surface area contributed by atoms with E-state index in [1.807, 2.05) is 0 Å². The third kappa shape index (κ3) is 2.67. The molecule has 0 radical (unpaired) electrons. The van der Waals surface area contributed by atoms with E-state index in [1.165, 1.54) is 0 Å². The van der Waals surface area contributed by atoms with Crippen LogP contribution in [0.3, 0.4) is 0 Å². The highest BCUT2D eigenvalue weighted by molar-refractivity contribution is 5.82. The molecule has 96 valence electrons. The Morgan fingerprint density at radius 2 is 2.06 bits per heavy atom. The van der Waals surface area contributed by atoms with Crippen LogP contribution in [0.4, 0.5) is 5.69 Å². The second kappa shape index (κ2) is 5.34. The Hall–Kier alpha value is -2.32. The lowest BCUT2D eigenvalue weighted by atomic mass is 9.98. The summed E-state index contributed by atoms with van der Waals surface area (Å²) in [6.07, 6.45) is -3.34. The van der Waals surface area contributed by atoms with Gasteiger partial charge in [0, 0.05) is 17.7 Å². The highest BCUT2D eigenvalue weighted by atomic mass is 16.6. The zero-order chi connectivity index (χ0) is 13.9. The molecule has 8 nitrogen and oxygen atoms in total. The van der Waals surface area contributed by atoms with Crippen LogP contribution in [-0.4, -0.2) is 33.4 Å². The second-order valence-electron chi connectivity index (χ2n) is 3.48. The van der Waals surface area contributed by atoms with Crippen LogP contribution in [-0.2, 0) is 4.79 Å². The van der Waals surface area contributed by atoms with Gasteiger partial charge in [-0.05, 0) is 11.6 Å². The Bertz CT molecular complexity index is 501. The fourth-order valence-corrected chi connectivity index (χ4v) is 1.37. The lowest BCUT2D eigenvalue weighted by molar-refractivity contribution is -0.384. The van der Waals surface area contributed by atoms with Crippen molar-refractivity contribution < 1.29 is 24.7 Å². The number of aliphatic hydroxyl groups is 2. The number of rotatable bonds is 5. The Kier molecular flexibility index (Phi) is 4.08.